The molecule has 3 heteroatoms. The highest BCUT2D eigenvalue weighted by Gasteiger charge is 2.13. The molecule has 0 spiro atoms. The Labute approximate surface area is 126 Å². The van der Waals surface area contributed by atoms with Crippen LogP contribution in [0.3, 0.4) is 0 Å². The van der Waals surface area contributed by atoms with Crippen LogP contribution in [-0.4, -0.2) is 11.5 Å². The first-order chi connectivity index (χ1) is 9.72. The average Bonchev–Trinajstić information content (AvgIpc) is 2.88. The number of rotatable bonds is 7. The van der Waals surface area contributed by atoms with Gasteiger partial charge in [-0.2, -0.15) is 0 Å². The van der Waals surface area contributed by atoms with Gasteiger partial charge in [-0.05, 0) is 37.4 Å². The molecule has 0 aliphatic rings. The van der Waals surface area contributed by atoms with Gasteiger partial charge in [-0.1, -0.05) is 38.1 Å². The van der Waals surface area contributed by atoms with Gasteiger partial charge in [0.15, 0.2) is 0 Å². The lowest BCUT2D eigenvalue weighted by molar-refractivity contribution is 0.527. The van der Waals surface area contributed by atoms with Crippen molar-refractivity contribution in [3.05, 3.63) is 51.5 Å². The molecular weight excluding hydrogens is 264 g/mol. The number of hydrogen-bond donors (Lipinski definition) is 1. The summed E-state index contributed by atoms with van der Waals surface area (Å²) in [5, 5.41) is 7.02. The Hall–Kier alpha value is -1.19. The summed E-state index contributed by atoms with van der Waals surface area (Å²) in [4.78, 5) is 4.61. The summed E-state index contributed by atoms with van der Waals surface area (Å²) < 4.78 is 0. The van der Waals surface area contributed by atoms with Gasteiger partial charge in [-0.25, -0.2) is 4.98 Å². The number of nitrogens with one attached hydrogen (secondary N) is 1. The van der Waals surface area contributed by atoms with E-state index in [1.807, 2.05) is 0 Å². The van der Waals surface area contributed by atoms with Crippen LogP contribution < -0.4 is 5.32 Å². The molecule has 0 fully saturated rings. The minimum Gasteiger partial charge on any atom is -0.310 e. The van der Waals surface area contributed by atoms with Gasteiger partial charge in [0.25, 0.3) is 0 Å². The zero-order chi connectivity index (χ0) is 14.4. The number of hydrogen-bond acceptors (Lipinski definition) is 3. The second-order valence-corrected chi connectivity index (χ2v) is 6.13. The molecule has 0 radical (unpaired) electrons. The molecule has 108 valence electrons. The van der Waals surface area contributed by atoms with Crippen LogP contribution in [-0.2, 0) is 12.8 Å². The molecule has 0 saturated carbocycles. The molecule has 0 aliphatic carbocycles. The maximum absolute atomic E-state index is 4.61. The van der Waals surface area contributed by atoms with Gasteiger partial charge < -0.3 is 5.32 Å². The maximum Gasteiger partial charge on any atom is 0.0947 e. The largest absolute Gasteiger partial charge is 0.310 e. The van der Waals surface area contributed by atoms with E-state index in [4.69, 9.17) is 0 Å². The van der Waals surface area contributed by atoms with Gasteiger partial charge in [0.05, 0.1) is 5.01 Å². The summed E-state index contributed by atoms with van der Waals surface area (Å²) in [6, 6.07) is 9.29. The Morgan fingerprint density at radius 1 is 1.30 bits per heavy atom. The third-order valence-electron chi connectivity index (χ3n) is 3.45. The van der Waals surface area contributed by atoms with Crippen LogP contribution in [0.5, 0.6) is 0 Å². The first-order valence-corrected chi connectivity index (χ1v) is 8.34. The number of nitrogens with zero attached hydrogens (tertiary/aromatic N) is 1. The molecule has 1 heterocycles. The quantitative estimate of drug-likeness (QED) is 0.821. The molecule has 0 amide bonds. The molecule has 1 aromatic heterocycles. The molecule has 0 bridgehead atoms. The van der Waals surface area contributed by atoms with Crippen LogP contribution in [0.4, 0.5) is 0 Å². The second kappa shape index (κ2) is 7.55. The number of benzene rings is 1. The molecule has 2 rings (SSSR count). The second-order valence-electron chi connectivity index (χ2n) is 5.19. The van der Waals surface area contributed by atoms with Crippen molar-refractivity contribution in [2.75, 3.05) is 6.54 Å². The van der Waals surface area contributed by atoms with Crippen LogP contribution in [0.2, 0.25) is 0 Å². The van der Waals surface area contributed by atoms with Crippen molar-refractivity contribution in [2.24, 2.45) is 0 Å². The smallest absolute Gasteiger partial charge is 0.0947 e. The fourth-order valence-corrected chi connectivity index (χ4v) is 3.15. The number of aryl methyl sites for hydroxylation is 2. The van der Waals surface area contributed by atoms with Crippen molar-refractivity contribution in [1.82, 2.24) is 10.3 Å². The maximum atomic E-state index is 4.61. The number of thiazole rings is 1. The molecule has 2 aromatic rings. The van der Waals surface area contributed by atoms with Crippen LogP contribution in [0.15, 0.2) is 29.6 Å². The normalized spacial score (nSPS) is 12.6. The predicted octanol–water partition coefficient (Wildman–Crippen LogP) is 4.30. The lowest BCUT2D eigenvalue weighted by Gasteiger charge is -2.18. The summed E-state index contributed by atoms with van der Waals surface area (Å²) in [6.07, 6.45) is 3.22. The summed E-state index contributed by atoms with van der Waals surface area (Å²) in [7, 11) is 0. The molecule has 1 aromatic carbocycles. The van der Waals surface area contributed by atoms with Gasteiger partial charge in [-0.3, -0.25) is 0 Å². The van der Waals surface area contributed by atoms with Gasteiger partial charge in [0, 0.05) is 23.5 Å². The molecule has 20 heavy (non-hydrogen) atoms. The average molecular weight is 288 g/mol. The van der Waals surface area contributed by atoms with Gasteiger partial charge in [0.2, 0.25) is 0 Å². The molecule has 0 aliphatic heterocycles. The molecule has 2 nitrogen and oxygen atoms in total. The Kier molecular flexibility index (Phi) is 5.74. The van der Waals surface area contributed by atoms with Crippen molar-refractivity contribution in [1.29, 1.82) is 0 Å². The van der Waals surface area contributed by atoms with E-state index in [0.717, 1.165) is 31.5 Å². The van der Waals surface area contributed by atoms with Gasteiger partial charge in [0.1, 0.15) is 0 Å². The summed E-state index contributed by atoms with van der Waals surface area (Å²) >= 11 is 1.76. The molecular formula is C17H24N2S. The molecule has 1 N–H and O–H groups in total. The Morgan fingerprint density at radius 3 is 2.80 bits per heavy atom. The van der Waals surface area contributed by atoms with Crippen LogP contribution in [0, 0.1) is 6.92 Å². The highest BCUT2D eigenvalue weighted by molar-refractivity contribution is 7.09. The molecule has 1 atom stereocenters. The summed E-state index contributed by atoms with van der Waals surface area (Å²) in [5.74, 6) is 0. The first kappa shape index (κ1) is 15.2. The van der Waals surface area contributed by atoms with Crippen molar-refractivity contribution < 1.29 is 0 Å². The van der Waals surface area contributed by atoms with E-state index in [1.54, 1.807) is 11.3 Å². The van der Waals surface area contributed by atoms with Gasteiger partial charge >= 0.3 is 0 Å². The fraction of sp³-hybridized carbons (Fsp3) is 0.471. The van der Waals surface area contributed by atoms with Gasteiger partial charge in [-0.15, -0.1) is 11.3 Å². The van der Waals surface area contributed by atoms with Crippen LogP contribution >= 0.6 is 11.3 Å². The zero-order valence-electron chi connectivity index (χ0n) is 12.6. The van der Waals surface area contributed by atoms with Crippen molar-refractivity contribution in [3.63, 3.8) is 0 Å². The van der Waals surface area contributed by atoms with E-state index >= 15 is 0 Å². The van der Waals surface area contributed by atoms with Crippen molar-refractivity contribution in [3.8, 4) is 0 Å². The monoisotopic (exact) mass is 288 g/mol. The Balaban J connectivity index is 2.17. The summed E-state index contributed by atoms with van der Waals surface area (Å²) in [6.45, 7) is 7.52. The Bertz CT molecular complexity index is 533. The molecule has 0 saturated heterocycles. The van der Waals surface area contributed by atoms with Crippen molar-refractivity contribution in [2.45, 2.75) is 46.1 Å². The third-order valence-corrected chi connectivity index (χ3v) is 4.44. The highest BCUT2D eigenvalue weighted by Crippen LogP contribution is 2.22. The third kappa shape index (κ3) is 4.15. The standard InChI is InChI=1S/C17H24N2S/c1-4-9-18-16(11-17-19-13(3)12-20-17)15-8-6-7-14(5-2)10-15/h6-8,10,12,16,18H,4-5,9,11H2,1-3H3. The lowest BCUT2D eigenvalue weighted by Crippen LogP contribution is -2.24. The molecule has 1 unspecified atom stereocenters. The lowest BCUT2D eigenvalue weighted by atomic mass is 10.0. The van der Waals surface area contributed by atoms with E-state index in [0.29, 0.717) is 6.04 Å². The summed E-state index contributed by atoms with van der Waals surface area (Å²) in [5.41, 5.74) is 3.91. The SMILES string of the molecule is CCCNC(Cc1nc(C)cs1)c1cccc(CC)c1. The Morgan fingerprint density at radius 2 is 2.15 bits per heavy atom. The van der Waals surface area contributed by atoms with E-state index in [-0.39, 0.29) is 0 Å². The zero-order valence-corrected chi connectivity index (χ0v) is 13.5. The highest BCUT2D eigenvalue weighted by atomic mass is 32.1. The fourth-order valence-electron chi connectivity index (χ4n) is 2.33. The van der Waals surface area contributed by atoms with E-state index < -0.39 is 0 Å². The topological polar surface area (TPSA) is 24.9 Å². The minimum absolute atomic E-state index is 0.368. The van der Waals surface area contributed by atoms with Crippen molar-refractivity contribution >= 4 is 11.3 Å². The van der Waals surface area contributed by atoms with E-state index in [9.17, 15) is 0 Å². The minimum atomic E-state index is 0.368. The van der Waals surface area contributed by atoms with E-state index in [2.05, 4.69) is 60.7 Å². The van der Waals surface area contributed by atoms with Crippen LogP contribution in [0.25, 0.3) is 0 Å². The van der Waals surface area contributed by atoms with Crippen LogP contribution in [0.1, 0.15) is 48.1 Å². The first-order valence-electron chi connectivity index (χ1n) is 7.46. The van der Waals surface area contributed by atoms with E-state index in [1.165, 1.54) is 16.1 Å². The number of aromatic nitrogens is 1. The predicted molar refractivity (Wildman–Crippen MR) is 87.4 cm³/mol.